The van der Waals surface area contributed by atoms with Gasteiger partial charge in [0.25, 0.3) is 0 Å². The van der Waals surface area contributed by atoms with Gasteiger partial charge in [-0.1, -0.05) is 12.5 Å². The molecule has 6 nitrogen and oxygen atoms in total. The molecule has 0 fully saturated rings. The van der Waals surface area contributed by atoms with Gasteiger partial charge in [-0.2, -0.15) is 5.10 Å². The Morgan fingerprint density at radius 2 is 2.14 bits per heavy atom. The number of rotatable bonds is 4. The second-order valence-electron chi connectivity index (χ2n) is 6.09. The average Bonchev–Trinajstić information content (AvgIpc) is 2.91. The molecule has 3 rings (SSSR count). The number of fused-ring (bicyclic) bond motifs is 1. The number of H-pyrrole nitrogens is 1. The number of hydrogen-bond acceptors (Lipinski definition) is 4. The molecule has 0 bridgehead atoms. The Morgan fingerprint density at radius 1 is 1.32 bits per heavy atom. The van der Waals surface area contributed by atoms with Crippen LogP contribution in [0.2, 0.25) is 0 Å². The van der Waals surface area contributed by atoms with Crippen LogP contribution in [0.5, 0.6) is 0 Å². The van der Waals surface area contributed by atoms with E-state index in [9.17, 15) is 13.2 Å². The highest BCUT2D eigenvalue weighted by Crippen LogP contribution is 2.22. The Kier molecular flexibility index (Phi) is 4.33. The molecule has 0 saturated heterocycles. The fraction of sp³-hybridized carbons (Fsp3) is 0.600. The van der Waals surface area contributed by atoms with Gasteiger partial charge in [0.05, 0.1) is 18.0 Å². The SMILES string of the molecule is O=C(C[C@H]1C=CS(=O)(=O)C1)NCc1n[nH]c2c1CCCCC2. The van der Waals surface area contributed by atoms with E-state index in [1.54, 1.807) is 6.08 Å². The number of allylic oxidation sites excluding steroid dienone is 1. The molecule has 1 aromatic rings. The van der Waals surface area contributed by atoms with Crippen LogP contribution in [-0.2, 0) is 34.0 Å². The van der Waals surface area contributed by atoms with Crippen molar-refractivity contribution in [3.05, 3.63) is 28.4 Å². The summed E-state index contributed by atoms with van der Waals surface area (Å²) in [7, 11) is -3.09. The van der Waals surface area contributed by atoms with Crippen LogP contribution in [0.4, 0.5) is 0 Å². The van der Waals surface area contributed by atoms with Crippen LogP contribution in [0.3, 0.4) is 0 Å². The lowest BCUT2D eigenvalue weighted by molar-refractivity contribution is -0.121. The summed E-state index contributed by atoms with van der Waals surface area (Å²) < 4.78 is 22.7. The van der Waals surface area contributed by atoms with E-state index >= 15 is 0 Å². The third-order valence-corrected chi connectivity index (χ3v) is 5.76. The predicted molar refractivity (Wildman–Crippen MR) is 82.7 cm³/mol. The van der Waals surface area contributed by atoms with E-state index in [4.69, 9.17) is 0 Å². The van der Waals surface area contributed by atoms with Crippen LogP contribution < -0.4 is 5.32 Å². The summed E-state index contributed by atoms with van der Waals surface area (Å²) in [6, 6.07) is 0. The molecule has 0 spiro atoms. The lowest BCUT2D eigenvalue weighted by Gasteiger charge is -2.08. The number of aromatic nitrogens is 2. The minimum atomic E-state index is -3.09. The van der Waals surface area contributed by atoms with Crippen LogP contribution >= 0.6 is 0 Å². The molecule has 0 saturated carbocycles. The Balaban J connectivity index is 1.54. The third kappa shape index (κ3) is 3.58. The monoisotopic (exact) mass is 323 g/mol. The van der Waals surface area contributed by atoms with Crippen LogP contribution in [0.25, 0.3) is 0 Å². The van der Waals surface area contributed by atoms with Gasteiger partial charge >= 0.3 is 0 Å². The van der Waals surface area contributed by atoms with Crippen molar-refractivity contribution >= 4 is 15.7 Å². The number of sulfone groups is 1. The zero-order chi connectivity index (χ0) is 15.6. The van der Waals surface area contributed by atoms with Crippen molar-refractivity contribution in [2.45, 2.75) is 45.1 Å². The normalized spacial score (nSPS) is 23.0. The first-order valence-electron chi connectivity index (χ1n) is 7.76. The third-order valence-electron chi connectivity index (χ3n) is 4.30. The van der Waals surface area contributed by atoms with Gasteiger partial charge in [0.2, 0.25) is 5.91 Å². The number of amides is 1. The summed E-state index contributed by atoms with van der Waals surface area (Å²) >= 11 is 0. The summed E-state index contributed by atoms with van der Waals surface area (Å²) in [4.78, 5) is 12.0. The zero-order valence-corrected chi connectivity index (χ0v) is 13.3. The lowest BCUT2D eigenvalue weighted by Crippen LogP contribution is -2.26. The standard InChI is InChI=1S/C15H21N3O3S/c19-15(8-11-6-7-22(20,21)10-11)16-9-14-12-4-2-1-3-5-13(12)17-18-14/h6-7,11H,1-5,8-10H2,(H,16,19)(H,17,18)/t11-/m1/s1. The van der Waals surface area contributed by atoms with E-state index in [0.29, 0.717) is 6.54 Å². The van der Waals surface area contributed by atoms with E-state index in [-0.39, 0.29) is 24.0 Å². The van der Waals surface area contributed by atoms with Crippen LogP contribution in [0, 0.1) is 5.92 Å². The summed E-state index contributed by atoms with van der Waals surface area (Å²) in [5.41, 5.74) is 3.37. The molecule has 1 atom stereocenters. The molecule has 2 N–H and O–H groups in total. The van der Waals surface area contributed by atoms with Crippen molar-refractivity contribution in [2.24, 2.45) is 5.92 Å². The molecule has 2 heterocycles. The van der Waals surface area contributed by atoms with Gasteiger partial charge in [0.15, 0.2) is 9.84 Å². The molecule has 1 aliphatic heterocycles. The molecular weight excluding hydrogens is 302 g/mol. The van der Waals surface area contributed by atoms with Gasteiger partial charge in [-0.05, 0) is 31.2 Å². The lowest BCUT2D eigenvalue weighted by atomic mass is 10.1. The second-order valence-corrected chi connectivity index (χ2v) is 8.02. The molecular formula is C15H21N3O3S. The number of nitrogens with one attached hydrogen (secondary N) is 2. The van der Waals surface area contributed by atoms with E-state index in [1.165, 1.54) is 29.5 Å². The first-order chi connectivity index (χ1) is 10.5. The predicted octanol–water partition coefficient (Wildman–Crippen LogP) is 1.24. The number of hydrogen-bond donors (Lipinski definition) is 2. The molecule has 120 valence electrons. The number of carbonyl (C=O) groups is 1. The molecule has 7 heteroatoms. The van der Waals surface area contributed by atoms with Gasteiger partial charge < -0.3 is 5.32 Å². The number of carbonyl (C=O) groups excluding carboxylic acids is 1. The van der Waals surface area contributed by atoms with Gasteiger partial charge in [0, 0.05) is 23.4 Å². The second kappa shape index (κ2) is 6.24. The molecule has 1 aliphatic carbocycles. The van der Waals surface area contributed by atoms with Crippen molar-refractivity contribution in [3.63, 3.8) is 0 Å². The zero-order valence-electron chi connectivity index (χ0n) is 12.5. The van der Waals surface area contributed by atoms with Crippen molar-refractivity contribution in [2.75, 3.05) is 5.75 Å². The fourth-order valence-electron chi connectivity index (χ4n) is 3.13. The topological polar surface area (TPSA) is 91.9 Å². The number of aryl methyl sites for hydroxylation is 1. The van der Waals surface area contributed by atoms with Crippen molar-refractivity contribution in [1.29, 1.82) is 0 Å². The summed E-state index contributed by atoms with van der Waals surface area (Å²) in [5, 5.41) is 11.5. The largest absolute Gasteiger partial charge is 0.350 e. The fourth-order valence-corrected chi connectivity index (χ4v) is 4.53. The van der Waals surface area contributed by atoms with Crippen LogP contribution in [0.1, 0.15) is 42.6 Å². The van der Waals surface area contributed by atoms with Crippen molar-refractivity contribution in [3.8, 4) is 0 Å². The first kappa shape index (κ1) is 15.3. The Hall–Kier alpha value is -1.63. The highest BCUT2D eigenvalue weighted by Gasteiger charge is 2.24. The van der Waals surface area contributed by atoms with Gasteiger partial charge in [-0.25, -0.2) is 8.42 Å². The van der Waals surface area contributed by atoms with Gasteiger partial charge in [-0.15, -0.1) is 0 Å². The Morgan fingerprint density at radius 3 is 2.91 bits per heavy atom. The van der Waals surface area contributed by atoms with Crippen LogP contribution in [-0.4, -0.2) is 30.3 Å². The van der Waals surface area contributed by atoms with E-state index in [1.807, 2.05) is 0 Å². The van der Waals surface area contributed by atoms with Crippen molar-refractivity contribution in [1.82, 2.24) is 15.5 Å². The summed E-state index contributed by atoms with van der Waals surface area (Å²) in [6.45, 7) is 0.411. The van der Waals surface area contributed by atoms with E-state index in [2.05, 4.69) is 15.5 Å². The maximum absolute atomic E-state index is 12.0. The molecule has 0 radical (unpaired) electrons. The minimum Gasteiger partial charge on any atom is -0.350 e. The quantitative estimate of drug-likeness (QED) is 0.816. The molecule has 1 amide bonds. The number of aromatic amines is 1. The smallest absolute Gasteiger partial charge is 0.220 e. The Labute approximate surface area is 130 Å². The maximum atomic E-state index is 12.0. The molecule has 0 unspecified atom stereocenters. The molecule has 2 aliphatic rings. The maximum Gasteiger partial charge on any atom is 0.220 e. The molecule has 1 aromatic heterocycles. The van der Waals surface area contributed by atoms with E-state index < -0.39 is 9.84 Å². The first-order valence-corrected chi connectivity index (χ1v) is 9.48. The van der Waals surface area contributed by atoms with Crippen LogP contribution in [0.15, 0.2) is 11.5 Å². The highest BCUT2D eigenvalue weighted by molar-refractivity contribution is 7.94. The minimum absolute atomic E-state index is 0.0399. The van der Waals surface area contributed by atoms with Gasteiger partial charge in [-0.3, -0.25) is 9.89 Å². The Bertz CT molecular complexity index is 691. The van der Waals surface area contributed by atoms with E-state index in [0.717, 1.165) is 25.0 Å². The average molecular weight is 323 g/mol. The molecule has 22 heavy (non-hydrogen) atoms. The van der Waals surface area contributed by atoms with Crippen molar-refractivity contribution < 1.29 is 13.2 Å². The van der Waals surface area contributed by atoms with Gasteiger partial charge in [0.1, 0.15) is 0 Å². The molecule has 0 aromatic carbocycles. The summed E-state index contributed by atoms with van der Waals surface area (Å²) in [5.74, 6) is -0.295. The summed E-state index contributed by atoms with van der Waals surface area (Å²) in [6.07, 6.45) is 7.44. The highest BCUT2D eigenvalue weighted by atomic mass is 32.2. The number of nitrogens with zero attached hydrogens (tertiary/aromatic N) is 1.